The third-order valence-electron chi connectivity index (χ3n) is 4.98. The van der Waals surface area contributed by atoms with Crippen LogP contribution in [-0.2, 0) is 4.79 Å². The van der Waals surface area contributed by atoms with Gasteiger partial charge in [-0.1, -0.05) is 12.1 Å². The van der Waals surface area contributed by atoms with Gasteiger partial charge in [0.05, 0.1) is 5.39 Å². The number of carbonyl (C=O) groups is 2. The van der Waals surface area contributed by atoms with E-state index in [4.69, 9.17) is 4.42 Å². The molecule has 0 atom stereocenters. The smallest absolute Gasteiger partial charge is 0.289 e. The summed E-state index contributed by atoms with van der Waals surface area (Å²) in [5.41, 5.74) is 0.145. The zero-order valence-corrected chi connectivity index (χ0v) is 17.0. The van der Waals surface area contributed by atoms with Crippen LogP contribution >= 0.6 is 15.9 Å². The van der Waals surface area contributed by atoms with Crippen LogP contribution in [0.5, 0.6) is 0 Å². The van der Waals surface area contributed by atoms with Crippen LogP contribution in [0.3, 0.4) is 0 Å². The number of carbonyl (C=O) groups excluding carboxylic acids is 2. The molecule has 1 N–H and O–H groups in total. The molecule has 148 valence electrons. The highest BCUT2D eigenvalue weighted by Gasteiger charge is 2.29. The molecule has 1 aliphatic rings. The topological polar surface area (TPSA) is 92.5 Å². The van der Waals surface area contributed by atoms with E-state index in [1.807, 2.05) is 0 Å². The van der Waals surface area contributed by atoms with Crippen LogP contribution < -0.4 is 10.7 Å². The van der Waals surface area contributed by atoms with Crippen molar-refractivity contribution in [3.05, 3.63) is 69.1 Å². The molecule has 1 aromatic carbocycles. The van der Waals surface area contributed by atoms with Gasteiger partial charge in [0.2, 0.25) is 5.91 Å². The van der Waals surface area contributed by atoms with Crippen LogP contribution in [0.15, 0.2) is 62.3 Å². The predicted octanol–water partition coefficient (Wildman–Crippen LogP) is 3.44. The zero-order valence-electron chi connectivity index (χ0n) is 15.4. The van der Waals surface area contributed by atoms with Gasteiger partial charge >= 0.3 is 0 Å². The average Bonchev–Trinajstić information content (AvgIpc) is 2.75. The van der Waals surface area contributed by atoms with Crippen LogP contribution in [-0.4, -0.2) is 34.8 Å². The number of para-hydroxylation sites is 1. The highest BCUT2D eigenvalue weighted by Crippen LogP contribution is 2.22. The summed E-state index contributed by atoms with van der Waals surface area (Å²) in [7, 11) is 0. The van der Waals surface area contributed by atoms with Gasteiger partial charge in [-0.2, -0.15) is 0 Å². The van der Waals surface area contributed by atoms with Crippen LogP contribution in [0.25, 0.3) is 11.0 Å². The predicted molar refractivity (Wildman–Crippen MR) is 112 cm³/mol. The quantitative estimate of drug-likeness (QED) is 0.652. The SMILES string of the molecule is O=C(Nc1ccc(Br)cn1)C1CCN(C(=O)c2cc(=O)c3ccccc3o2)CC1. The fourth-order valence-corrected chi connectivity index (χ4v) is 3.62. The first-order valence-electron chi connectivity index (χ1n) is 9.26. The summed E-state index contributed by atoms with van der Waals surface area (Å²) in [6.45, 7) is 0.836. The normalized spacial score (nSPS) is 14.7. The second-order valence-corrected chi connectivity index (χ2v) is 7.80. The van der Waals surface area contributed by atoms with E-state index in [9.17, 15) is 14.4 Å². The number of nitrogens with one attached hydrogen (secondary N) is 1. The maximum atomic E-state index is 12.8. The molecule has 0 bridgehead atoms. The number of anilines is 1. The van der Waals surface area contributed by atoms with Crippen LogP contribution in [0.2, 0.25) is 0 Å². The van der Waals surface area contributed by atoms with Crippen molar-refractivity contribution >= 4 is 44.5 Å². The summed E-state index contributed by atoms with van der Waals surface area (Å²) in [5.74, 6) is -0.121. The van der Waals surface area contributed by atoms with E-state index in [-0.39, 0.29) is 28.9 Å². The molecule has 1 fully saturated rings. The van der Waals surface area contributed by atoms with Crippen molar-refractivity contribution in [2.75, 3.05) is 18.4 Å². The monoisotopic (exact) mass is 455 g/mol. The van der Waals surface area contributed by atoms with E-state index in [0.29, 0.717) is 42.7 Å². The van der Waals surface area contributed by atoms with E-state index < -0.39 is 0 Å². The van der Waals surface area contributed by atoms with Crippen LogP contribution in [0, 0.1) is 5.92 Å². The molecular weight excluding hydrogens is 438 g/mol. The molecule has 8 heteroatoms. The molecule has 7 nitrogen and oxygen atoms in total. The third kappa shape index (κ3) is 4.22. The third-order valence-corrected chi connectivity index (χ3v) is 5.45. The summed E-state index contributed by atoms with van der Waals surface area (Å²) in [4.78, 5) is 43.2. The molecule has 29 heavy (non-hydrogen) atoms. The van der Waals surface area contributed by atoms with Gasteiger partial charge in [-0.15, -0.1) is 0 Å². The maximum Gasteiger partial charge on any atom is 0.289 e. The lowest BCUT2D eigenvalue weighted by Gasteiger charge is -2.30. The lowest BCUT2D eigenvalue weighted by Crippen LogP contribution is -2.41. The number of likely N-dealkylation sites (tertiary alicyclic amines) is 1. The molecule has 3 heterocycles. The molecule has 0 spiro atoms. The van der Waals surface area contributed by atoms with E-state index in [1.165, 1.54) is 6.07 Å². The highest BCUT2D eigenvalue weighted by atomic mass is 79.9. The Morgan fingerprint density at radius 2 is 1.90 bits per heavy atom. The standard InChI is InChI=1S/C21H18BrN3O4/c22-14-5-6-19(23-12-14)24-20(27)13-7-9-25(10-8-13)21(28)18-11-16(26)15-3-1-2-4-17(15)29-18/h1-6,11-13H,7-10H2,(H,23,24,27). The van der Waals surface area contributed by atoms with Crippen molar-refractivity contribution in [1.29, 1.82) is 0 Å². The van der Waals surface area contributed by atoms with Gasteiger partial charge < -0.3 is 14.6 Å². The summed E-state index contributed by atoms with van der Waals surface area (Å²) < 4.78 is 6.47. The number of benzene rings is 1. The van der Waals surface area contributed by atoms with Gasteiger partial charge in [0.1, 0.15) is 11.4 Å². The second-order valence-electron chi connectivity index (χ2n) is 6.89. The molecule has 0 radical (unpaired) electrons. The van der Waals surface area contributed by atoms with Crippen molar-refractivity contribution in [2.45, 2.75) is 12.8 Å². The number of piperidine rings is 1. The van der Waals surface area contributed by atoms with Gasteiger partial charge in [0, 0.05) is 35.7 Å². The Morgan fingerprint density at radius 1 is 1.14 bits per heavy atom. The van der Waals surface area contributed by atoms with Crippen molar-refractivity contribution in [3.63, 3.8) is 0 Å². The van der Waals surface area contributed by atoms with Crippen molar-refractivity contribution in [3.8, 4) is 0 Å². The first-order valence-corrected chi connectivity index (χ1v) is 10.0. The number of nitrogens with zero attached hydrogens (tertiary/aromatic N) is 2. The minimum atomic E-state index is -0.332. The summed E-state index contributed by atoms with van der Waals surface area (Å²) in [6.07, 6.45) is 2.69. The van der Waals surface area contributed by atoms with E-state index >= 15 is 0 Å². The largest absolute Gasteiger partial charge is 0.451 e. The number of fused-ring (bicyclic) bond motifs is 1. The Balaban J connectivity index is 1.40. The number of rotatable bonds is 3. The summed E-state index contributed by atoms with van der Waals surface area (Å²) in [5, 5.41) is 3.25. The minimum absolute atomic E-state index is 0.0238. The highest BCUT2D eigenvalue weighted by molar-refractivity contribution is 9.10. The molecule has 1 saturated heterocycles. The van der Waals surface area contributed by atoms with Gasteiger partial charge in [-0.05, 0) is 53.0 Å². The summed E-state index contributed by atoms with van der Waals surface area (Å²) >= 11 is 3.31. The van der Waals surface area contributed by atoms with Gasteiger partial charge in [-0.25, -0.2) is 4.98 Å². The first-order chi connectivity index (χ1) is 14.0. The Labute approximate surface area is 174 Å². The van der Waals surface area contributed by atoms with Crippen molar-refractivity contribution in [1.82, 2.24) is 9.88 Å². The molecule has 0 saturated carbocycles. The lowest BCUT2D eigenvalue weighted by molar-refractivity contribution is -0.121. The molecule has 1 aliphatic heterocycles. The van der Waals surface area contributed by atoms with Crippen LogP contribution in [0.1, 0.15) is 23.4 Å². The van der Waals surface area contributed by atoms with Crippen molar-refractivity contribution < 1.29 is 14.0 Å². The number of amides is 2. The summed E-state index contributed by atoms with van der Waals surface area (Å²) in [6, 6.07) is 11.6. The number of hydrogen-bond acceptors (Lipinski definition) is 5. The number of pyridine rings is 1. The maximum absolute atomic E-state index is 12.8. The van der Waals surface area contributed by atoms with Gasteiger partial charge in [-0.3, -0.25) is 14.4 Å². The zero-order chi connectivity index (χ0) is 20.4. The Kier molecular flexibility index (Phi) is 5.44. The van der Waals surface area contributed by atoms with Gasteiger partial charge in [0.25, 0.3) is 5.91 Å². The molecule has 2 aromatic heterocycles. The molecule has 0 unspecified atom stereocenters. The van der Waals surface area contributed by atoms with E-state index in [0.717, 1.165) is 4.47 Å². The minimum Gasteiger partial charge on any atom is -0.451 e. The first kappa shape index (κ1) is 19.3. The second kappa shape index (κ2) is 8.16. The molecule has 2 amide bonds. The number of hydrogen-bond donors (Lipinski definition) is 1. The van der Waals surface area contributed by atoms with E-state index in [2.05, 4.69) is 26.2 Å². The molecule has 3 aromatic rings. The molecular formula is C21H18BrN3O4. The lowest BCUT2D eigenvalue weighted by atomic mass is 9.95. The Bertz CT molecular complexity index is 1120. The number of halogens is 1. The van der Waals surface area contributed by atoms with Crippen LogP contribution in [0.4, 0.5) is 5.82 Å². The fraction of sp³-hybridized carbons (Fsp3) is 0.238. The fourth-order valence-electron chi connectivity index (χ4n) is 3.39. The van der Waals surface area contributed by atoms with E-state index in [1.54, 1.807) is 47.5 Å². The molecule has 0 aliphatic carbocycles. The molecule has 4 rings (SSSR count). The Hall–Kier alpha value is -3.00. The Morgan fingerprint density at radius 3 is 2.62 bits per heavy atom. The number of aromatic nitrogens is 1. The average molecular weight is 456 g/mol. The van der Waals surface area contributed by atoms with Gasteiger partial charge in [0.15, 0.2) is 11.2 Å². The van der Waals surface area contributed by atoms with Crippen molar-refractivity contribution in [2.24, 2.45) is 5.92 Å².